The summed E-state index contributed by atoms with van der Waals surface area (Å²) in [5.74, 6) is 0.156. The minimum Gasteiger partial charge on any atom is -0.507 e. The fourth-order valence-electron chi connectivity index (χ4n) is 5.33. The van der Waals surface area contributed by atoms with Crippen molar-refractivity contribution >= 4 is 11.5 Å². The molecule has 0 fully saturated rings. The van der Waals surface area contributed by atoms with Gasteiger partial charge in [-0.3, -0.25) is 4.79 Å². The van der Waals surface area contributed by atoms with Gasteiger partial charge in [0.2, 0.25) is 0 Å². The van der Waals surface area contributed by atoms with E-state index in [-0.39, 0.29) is 34.7 Å². The Hall–Kier alpha value is -3.02. The Morgan fingerprint density at radius 3 is 1.97 bits per heavy atom. The molecule has 1 aliphatic heterocycles. The molecule has 0 saturated heterocycles. The summed E-state index contributed by atoms with van der Waals surface area (Å²) in [7, 11) is 0. The lowest BCUT2D eigenvalue weighted by Gasteiger charge is -2.35. The highest BCUT2D eigenvalue weighted by atomic mass is 19.1. The average molecular weight is 540 g/mol. The van der Waals surface area contributed by atoms with Gasteiger partial charge in [0, 0.05) is 28.0 Å². The summed E-state index contributed by atoms with van der Waals surface area (Å²) in [6.45, 7) is 22.6. The molecule has 2 aromatic carbocycles. The molecule has 0 saturated carbocycles. The lowest BCUT2D eigenvalue weighted by atomic mass is 9.78. The molecule has 0 atom stereocenters. The zero-order valence-electron chi connectivity index (χ0n) is 25.6. The van der Waals surface area contributed by atoms with Crippen molar-refractivity contribution in [3.63, 3.8) is 0 Å². The highest BCUT2D eigenvalue weighted by molar-refractivity contribution is 5.99. The van der Waals surface area contributed by atoms with Crippen LogP contribution in [0.1, 0.15) is 115 Å². The van der Waals surface area contributed by atoms with Crippen molar-refractivity contribution in [1.29, 1.82) is 0 Å². The largest absolute Gasteiger partial charge is 0.507 e. The maximum Gasteiger partial charge on any atom is 0.197 e. The Balaban J connectivity index is 2.17. The van der Waals surface area contributed by atoms with Crippen molar-refractivity contribution in [2.75, 3.05) is 19.8 Å². The lowest BCUT2D eigenvalue weighted by Crippen LogP contribution is -2.38. The Morgan fingerprint density at radius 1 is 0.974 bits per heavy atom. The van der Waals surface area contributed by atoms with Gasteiger partial charge in [-0.1, -0.05) is 54.5 Å². The first-order valence-corrected chi connectivity index (χ1v) is 14.0. The van der Waals surface area contributed by atoms with Crippen LogP contribution in [0.25, 0.3) is 5.70 Å². The number of allylic oxidation sites excluding steroid dienone is 1. The average Bonchev–Trinajstić information content (AvgIpc) is 3.01. The number of Topliss-reactive ketones (excluding diaryl/α,β-unsaturated/α-hetero) is 1. The first-order chi connectivity index (χ1) is 18.0. The van der Waals surface area contributed by atoms with Gasteiger partial charge in [-0.15, -0.1) is 0 Å². The standard InChI is InChI=1S/C33H46FNO4/c1-12-15-24-27-21(18-26(38-13-2)30(28(27)34)39-14-3)33(10,11)35(24)19-25(36)20-16-22(31(4,5)6)29(37)23(17-20)32(7,8)9/h15-18,37H,12-14,19H2,1-11H3. The second kappa shape index (κ2) is 10.9. The molecule has 39 heavy (non-hydrogen) atoms. The van der Waals surface area contributed by atoms with Crippen LogP contribution >= 0.6 is 0 Å². The quantitative estimate of drug-likeness (QED) is 0.343. The van der Waals surface area contributed by atoms with E-state index in [1.807, 2.05) is 105 Å². The fraction of sp³-hybridized carbons (Fsp3) is 0.545. The van der Waals surface area contributed by atoms with Gasteiger partial charge in [-0.2, -0.15) is 0 Å². The summed E-state index contributed by atoms with van der Waals surface area (Å²) in [6.07, 6.45) is 2.64. The number of aromatic hydroxyl groups is 1. The number of benzene rings is 2. The molecule has 2 aromatic rings. The minimum absolute atomic E-state index is 0.0544. The van der Waals surface area contributed by atoms with E-state index in [0.717, 1.165) is 16.7 Å². The third-order valence-electron chi connectivity index (χ3n) is 7.40. The van der Waals surface area contributed by atoms with Gasteiger partial charge in [0.25, 0.3) is 0 Å². The summed E-state index contributed by atoms with van der Waals surface area (Å²) < 4.78 is 27.6. The Kier molecular flexibility index (Phi) is 8.50. The minimum atomic E-state index is -0.680. The van der Waals surface area contributed by atoms with Crippen molar-refractivity contribution in [2.45, 2.75) is 99.0 Å². The van der Waals surface area contributed by atoms with Gasteiger partial charge >= 0.3 is 0 Å². The second-order valence-electron chi connectivity index (χ2n) is 12.8. The molecule has 3 rings (SSSR count). The predicted molar refractivity (Wildman–Crippen MR) is 157 cm³/mol. The first kappa shape index (κ1) is 30.5. The maximum absolute atomic E-state index is 16.1. The Bertz CT molecular complexity index is 1240. The molecular formula is C33H46FNO4. The molecule has 5 nitrogen and oxygen atoms in total. The molecule has 0 unspecified atom stereocenters. The van der Waals surface area contributed by atoms with Crippen LogP contribution in [0.4, 0.5) is 4.39 Å². The topological polar surface area (TPSA) is 59.0 Å². The number of ether oxygens (including phenoxy) is 2. The van der Waals surface area contributed by atoms with Crippen LogP contribution in [0, 0.1) is 5.82 Å². The predicted octanol–water partition coefficient (Wildman–Crippen LogP) is 8.11. The van der Waals surface area contributed by atoms with E-state index in [4.69, 9.17) is 9.47 Å². The summed E-state index contributed by atoms with van der Waals surface area (Å²) in [5.41, 5.74) is 2.51. The normalized spacial score (nSPS) is 16.0. The molecule has 6 heteroatoms. The molecule has 0 bridgehead atoms. The van der Waals surface area contributed by atoms with E-state index in [2.05, 4.69) is 0 Å². The van der Waals surface area contributed by atoms with Gasteiger partial charge in [-0.25, -0.2) is 4.39 Å². The van der Waals surface area contributed by atoms with Crippen molar-refractivity contribution in [3.05, 3.63) is 57.9 Å². The van der Waals surface area contributed by atoms with E-state index in [1.165, 1.54) is 0 Å². The number of fused-ring (bicyclic) bond motifs is 1. The van der Waals surface area contributed by atoms with E-state index in [0.29, 0.717) is 42.2 Å². The van der Waals surface area contributed by atoms with E-state index < -0.39 is 11.4 Å². The molecule has 0 amide bonds. The number of nitrogens with zero attached hydrogens (tertiary/aromatic N) is 1. The first-order valence-electron chi connectivity index (χ1n) is 14.0. The number of halogens is 1. The van der Waals surface area contributed by atoms with Crippen LogP contribution in [-0.4, -0.2) is 35.5 Å². The van der Waals surface area contributed by atoms with Gasteiger partial charge in [-0.05, 0) is 68.7 Å². The lowest BCUT2D eigenvalue weighted by molar-refractivity contribution is 0.0911. The van der Waals surface area contributed by atoms with E-state index in [1.54, 1.807) is 0 Å². The second-order valence-corrected chi connectivity index (χ2v) is 12.8. The van der Waals surface area contributed by atoms with E-state index >= 15 is 4.39 Å². The monoisotopic (exact) mass is 539 g/mol. The third kappa shape index (κ3) is 5.66. The van der Waals surface area contributed by atoms with Crippen molar-refractivity contribution in [2.24, 2.45) is 0 Å². The maximum atomic E-state index is 16.1. The Labute approximate surface area is 234 Å². The number of carbonyl (C=O) groups is 1. The van der Waals surface area contributed by atoms with Crippen LogP contribution in [0.3, 0.4) is 0 Å². The summed E-state index contributed by atoms with van der Waals surface area (Å²) >= 11 is 0. The molecule has 1 N–H and O–H groups in total. The molecule has 214 valence electrons. The highest BCUT2D eigenvalue weighted by Gasteiger charge is 2.44. The fourth-order valence-corrected chi connectivity index (χ4v) is 5.33. The molecule has 0 radical (unpaired) electrons. The molecule has 1 aliphatic rings. The number of hydrogen-bond donors (Lipinski definition) is 1. The zero-order chi connectivity index (χ0) is 29.5. The van der Waals surface area contributed by atoms with Crippen molar-refractivity contribution in [1.82, 2.24) is 4.90 Å². The smallest absolute Gasteiger partial charge is 0.197 e. The molecule has 0 spiro atoms. The SMILES string of the molecule is CCC=C1c2c(cc(OCC)c(OCC)c2F)C(C)(C)N1CC(=O)c1cc(C(C)(C)C)c(O)c(C(C)(C)C)c1. The molecule has 0 aliphatic carbocycles. The number of hydrogen-bond acceptors (Lipinski definition) is 5. The zero-order valence-corrected chi connectivity index (χ0v) is 25.6. The van der Waals surface area contributed by atoms with Gasteiger partial charge in [0.15, 0.2) is 23.1 Å². The highest BCUT2D eigenvalue weighted by Crippen LogP contribution is 2.51. The van der Waals surface area contributed by atoms with E-state index in [9.17, 15) is 9.90 Å². The number of carbonyl (C=O) groups excluding carboxylic acids is 1. The number of rotatable bonds is 8. The summed E-state index contributed by atoms with van der Waals surface area (Å²) in [5, 5.41) is 11.1. The molecule has 1 heterocycles. The van der Waals surface area contributed by atoms with Crippen LogP contribution in [0.2, 0.25) is 0 Å². The van der Waals surface area contributed by atoms with Crippen LogP contribution in [-0.2, 0) is 16.4 Å². The molecular weight excluding hydrogens is 493 g/mol. The van der Waals surface area contributed by atoms with Crippen molar-refractivity contribution < 1.29 is 23.8 Å². The molecule has 0 aromatic heterocycles. The van der Waals surface area contributed by atoms with Crippen molar-refractivity contribution in [3.8, 4) is 17.2 Å². The Morgan fingerprint density at radius 2 is 1.51 bits per heavy atom. The number of phenols is 1. The van der Waals surface area contributed by atoms with Crippen LogP contribution in [0.5, 0.6) is 17.2 Å². The van der Waals surface area contributed by atoms with Gasteiger partial charge in [0.05, 0.1) is 25.3 Å². The van der Waals surface area contributed by atoms with Crippen LogP contribution < -0.4 is 9.47 Å². The summed E-state index contributed by atoms with van der Waals surface area (Å²) in [6, 6.07) is 5.48. The third-order valence-corrected chi connectivity index (χ3v) is 7.40. The number of ketones is 1. The van der Waals surface area contributed by atoms with Gasteiger partial charge in [0.1, 0.15) is 5.75 Å². The number of phenolic OH excluding ortho intramolecular Hbond substituents is 1. The summed E-state index contributed by atoms with van der Waals surface area (Å²) in [4.78, 5) is 16.0. The van der Waals surface area contributed by atoms with Gasteiger partial charge < -0.3 is 19.5 Å². The van der Waals surface area contributed by atoms with Crippen LogP contribution in [0.15, 0.2) is 24.3 Å².